The predicted molar refractivity (Wildman–Crippen MR) is 104 cm³/mol. The van der Waals surface area contributed by atoms with Gasteiger partial charge in [-0.3, -0.25) is 9.36 Å². The van der Waals surface area contributed by atoms with Crippen LogP contribution in [0.1, 0.15) is 48.5 Å². The van der Waals surface area contributed by atoms with E-state index in [1.54, 1.807) is 4.57 Å². The second kappa shape index (κ2) is 7.48. The van der Waals surface area contributed by atoms with Crippen LogP contribution in [0.5, 0.6) is 0 Å². The number of hydrogen-bond acceptors (Lipinski definition) is 4. The maximum absolute atomic E-state index is 12.9. The predicted octanol–water partition coefficient (Wildman–Crippen LogP) is 1.58. The van der Waals surface area contributed by atoms with E-state index in [1.165, 1.54) is 0 Å². The summed E-state index contributed by atoms with van der Waals surface area (Å²) in [4.78, 5) is 32.5. The Balaban J connectivity index is 1.60. The third-order valence-corrected chi connectivity index (χ3v) is 6.00. The van der Waals surface area contributed by atoms with Gasteiger partial charge in [0.15, 0.2) is 0 Å². The fraction of sp³-hybridized carbons (Fsp3) is 0.600. The van der Waals surface area contributed by atoms with Gasteiger partial charge in [-0.1, -0.05) is 0 Å². The first-order chi connectivity index (χ1) is 13.0. The van der Waals surface area contributed by atoms with Gasteiger partial charge in [0.05, 0.1) is 17.1 Å². The maximum Gasteiger partial charge on any atom is 0.326 e. The van der Waals surface area contributed by atoms with E-state index in [0.29, 0.717) is 11.1 Å². The molecular weight excluding hydrogens is 344 g/mol. The lowest BCUT2D eigenvalue weighted by Crippen LogP contribution is -2.34. The van der Waals surface area contributed by atoms with Crippen molar-refractivity contribution in [3.63, 3.8) is 0 Å². The molecule has 1 saturated carbocycles. The number of aliphatic hydroxyl groups excluding tert-OH is 1. The fourth-order valence-electron chi connectivity index (χ4n) is 4.38. The van der Waals surface area contributed by atoms with Gasteiger partial charge in [-0.05, 0) is 63.9 Å². The minimum Gasteiger partial charge on any atom is -0.393 e. The third-order valence-electron chi connectivity index (χ3n) is 6.00. The molecule has 0 atom stereocenters. The molecule has 0 unspecified atom stereocenters. The summed E-state index contributed by atoms with van der Waals surface area (Å²) in [5, 5.41) is 9.72. The first kappa shape index (κ1) is 18.3. The van der Waals surface area contributed by atoms with Crippen molar-refractivity contribution in [2.75, 3.05) is 33.2 Å². The normalized spacial score (nSPS) is 24.9. The van der Waals surface area contributed by atoms with Gasteiger partial charge in [-0.15, -0.1) is 0 Å². The molecule has 1 aliphatic heterocycles. The van der Waals surface area contributed by atoms with Gasteiger partial charge < -0.3 is 19.9 Å². The Morgan fingerprint density at radius 2 is 1.89 bits per heavy atom. The lowest BCUT2D eigenvalue weighted by Gasteiger charge is -2.26. The number of fused-ring (bicyclic) bond motifs is 1. The highest BCUT2D eigenvalue weighted by Crippen LogP contribution is 2.30. The fourth-order valence-corrected chi connectivity index (χ4v) is 4.38. The van der Waals surface area contributed by atoms with E-state index in [-0.39, 0.29) is 23.7 Å². The summed E-state index contributed by atoms with van der Waals surface area (Å²) in [5.74, 6) is 0.0292. The largest absolute Gasteiger partial charge is 0.393 e. The maximum atomic E-state index is 12.9. The van der Waals surface area contributed by atoms with Crippen LogP contribution in [0.4, 0.5) is 0 Å². The van der Waals surface area contributed by atoms with E-state index in [2.05, 4.69) is 16.9 Å². The Kier molecular flexibility index (Phi) is 5.06. The zero-order valence-electron chi connectivity index (χ0n) is 15.9. The zero-order valence-corrected chi connectivity index (χ0v) is 15.9. The number of rotatable bonds is 2. The molecule has 1 saturated heterocycles. The third kappa shape index (κ3) is 3.66. The Morgan fingerprint density at radius 1 is 1.11 bits per heavy atom. The van der Waals surface area contributed by atoms with Crippen LogP contribution in [0.2, 0.25) is 0 Å². The monoisotopic (exact) mass is 372 g/mol. The van der Waals surface area contributed by atoms with E-state index in [1.807, 2.05) is 23.1 Å². The average Bonchev–Trinajstić information content (AvgIpc) is 2.83. The number of H-pyrrole nitrogens is 1. The molecule has 1 aromatic carbocycles. The lowest BCUT2D eigenvalue weighted by atomic mass is 9.93. The molecule has 1 aliphatic carbocycles. The van der Waals surface area contributed by atoms with Crippen LogP contribution >= 0.6 is 0 Å². The van der Waals surface area contributed by atoms with Gasteiger partial charge in [-0.2, -0.15) is 0 Å². The molecule has 0 spiro atoms. The van der Waals surface area contributed by atoms with E-state index < -0.39 is 0 Å². The van der Waals surface area contributed by atoms with Crippen molar-refractivity contribution < 1.29 is 9.90 Å². The molecule has 7 nitrogen and oxygen atoms in total. The summed E-state index contributed by atoms with van der Waals surface area (Å²) in [6.45, 7) is 3.39. The highest BCUT2D eigenvalue weighted by molar-refractivity contribution is 5.97. The molecule has 27 heavy (non-hydrogen) atoms. The van der Waals surface area contributed by atoms with Gasteiger partial charge in [0.2, 0.25) is 0 Å². The minimum atomic E-state index is -0.251. The molecular formula is C20H28N4O3. The van der Waals surface area contributed by atoms with Gasteiger partial charge in [0.25, 0.3) is 5.91 Å². The SMILES string of the molecule is CN1CCCN(C(=O)c2ccc3c(c2)[nH]c(=O)n3C2CCC(O)CC2)CC1. The number of aromatic nitrogens is 2. The van der Waals surface area contributed by atoms with Crippen LogP contribution < -0.4 is 5.69 Å². The summed E-state index contributed by atoms with van der Waals surface area (Å²) in [5.41, 5.74) is 2.05. The molecule has 2 N–H and O–H groups in total. The number of aliphatic hydroxyl groups is 1. The van der Waals surface area contributed by atoms with E-state index in [0.717, 1.165) is 63.8 Å². The minimum absolute atomic E-state index is 0.0292. The summed E-state index contributed by atoms with van der Waals surface area (Å²) in [6.07, 6.45) is 3.78. The number of imidazole rings is 1. The van der Waals surface area contributed by atoms with Gasteiger partial charge in [-0.25, -0.2) is 4.79 Å². The van der Waals surface area contributed by atoms with Crippen LogP contribution in [0.3, 0.4) is 0 Å². The molecule has 1 amide bonds. The van der Waals surface area contributed by atoms with Crippen LogP contribution in [-0.2, 0) is 0 Å². The number of hydrogen-bond donors (Lipinski definition) is 2. The summed E-state index contributed by atoms with van der Waals surface area (Å²) in [6, 6.07) is 5.63. The Hall–Kier alpha value is -2.12. The quantitative estimate of drug-likeness (QED) is 0.839. The topological polar surface area (TPSA) is 81.6 Å². The number of carbonyl (C=O) groups excluding carboxylic acids is 1. The van der Waals surface area contributed by atoms with Crippen LogP contribution in [0.15, 0.2) is 23.0 Å². The van der Waals surface area contributed by atoms with Crippen molar-refractivity contribution in [3.05, 3.63) is 34.2 Å². The van der Waals surface area contributed by atoms with E-state index in [9.17, 15) is 14.7 Å². The smallest absolute Gasteiger partial charge is 0.326 e. The van der Waals surface area contributed by atoms with Crippen molar-refractivity contribution >= 4 is 16.9 Å². The van der Waals surface area contributed by atoms with Gasteiger partial charge in [0, 0.05) is 31.2 Å². The highest BCUT2D eigenvalue weighted by atomic mass is 16.3. The molecule has 2 aromatic rings. The van der Waals surface area contributed by atoms with Crippen molar-refractivity contribution in [2.24, 2.45) is 0 Å². The molecule has 2 aliphatic rings. The van der Waals surface area contributed by atoms with Crippen molar-refractivity contribution in [1.82, 2.24) is 19.4 Å². The molecule has 2 fully saturated rings. The highest BCUT2D eigenvalue weighted by Gasteiger charge is 2.25. The van der Waals surface area contributed by atoms with Gasteiger partial charge in [0.1, 0.15) is 0 Å². The van der Waals surface area contributed by atoms with E-state index >= 15 is 0 Å². The van der Waals surface area contributed by atoms with Crippen LogP contribution in [0.25, 0.3) is 11.0 Å². The Bertz CT molecular complexity index is 879. The number of nitrogens with zero attached hydrogens (tertiary/aromatic N) is 3. The molecule has 0 radical (unpaired) electrons. The first-order valence-corrected chi connectivity index (χ1v) is 9.93. The first-order valence-electron chi connectivity index (χ1n) is 9.93. The second-order valence-corrected chi connectivity index (χ2v) is 7.94. The number of likely N-dealkylation sites (N-methyl/N-ethyl adjacent to an activating group) is 1. The standard InChI is InChI=1S/C20H28N4O3/c1-22-9-2-10-23(12-11-22)19(26)14-3-8-18-17(13-14)21-20(27)24(18)15-4-6-16(25)7-5-15/h3,8,13,15-16,25H,2,4-7,9-12H2,1H3,(H,21,27). The molecule has 7 heteroatoms. The van der Waals surface area contributed by atoms with Crippen molar-refractivity contribution in [3.8, 4) is 0 Å². The van der Waals surface area contributed by atoms with Crippen molar-refractivity contribution in [1.29, 1.82) is 0 Å². The number of carbonyl (C=O) groups is 1. The van der Waals surface area contributed by atoms with Gasteiger partial charge >= 0.3 is 5.69 Å². The number of amides is 1. The number of benzene rings is 1. The Labute approximate surface area is 158 Å². The van der Waals surface area contributed by atoms with E-state index in [4.69, 9.17) is 0 Å². The summed E-state index contributed by atoms with van der Waals surface area (Å²) < 4.78 is 1.80. The number of nitrogens with one attached hydrogen (secondary N) is 1. The average molecular weight is 372 g/mol. The lowest BCUT2D eigenvalue weighted by molar-refractivity contribution is 0.0763. The van der Waals surface area contributed by atoms with Crippen molar-refractivity contribution in [2.45, 2.75) is 44.2 Å². The second-order valence-electron chi connectivity index (χ2n) is 7.94. The molecule has 4 rings (SSSR count). The zero-order chi connectivity index (χ0) is 19.0. The molecule has 0 bridgehead atoms. The summed E-state index contributed by atoms with van der Waals surface area (Å²) >= 11 is 0. The molecule has 2 heterocycles. The molecule has 1 aromatic heterocycles. The Morgan fingerprint density at radius 3 is 2.67 bits per heavy atom. The van der Waals surface area contributed by atoms with Crippen LogP contribution in [-0.4, -0.2) is 69.7 Å². The number of aromatic amines is 1. The molecule has 146 valence electrons. The summed E-state index contributed by atoms with van der Waals surface area (Å²) in [7, 11) is 2.08. The van der Waals surface area contributed by atoms with Crippen LogP contribution in [0, 0.1) is 0 Å².